The zero-order valence-electron chi connectivity index (χ0n) is 14.4. The van der Waals surface area contributed by atoms with Gasteiger partial charge in [-0.05, 0) is 30.7 Å². The number of hydrogen-bond donors (Lipinski definition) is 2. The summed E-state index contributed by atoms with van der Waals surface area (Å²) >= 11 is 0. The topological polar surface area (TPSA) is 111 Å². The van der Waals surface area contributed by atoms with Crippen LogP contribution in [0.1, 0.15) is 5.56 Å². The maximum Gasteiger partial charge on any atom is 0.311 e. The molecule has 0 atom stereocenters. The Hall–Kier alpha value is -3.63. The van der Waals surface area contributed by atoms with Crippen LogP contribution in [0.3, 0.4) is 0 Å². The summed E-state index contributed by atoms with van der Waals surface area (Å²) in [5.41, 5.74) is -0.284. The highest BCUT2D eigenvalue weighted by molar-refractivity contribution is 5.94. The summed E-state index contributed by atoms with van der Waals surface area (Å²) in [5, 5.41) is 15.1. The monoisotopic (exact) mass is 397 g/mol. The molecule has 0 aliphatic heterocycles. The van der Waals surface area contributed by atoms with E-state index in [-0.39, 0.29) is 11.4 Å². The number of nitrogens with zero attached hydrogens (tertiary/aromatic N) is 1. The number of nitrogens with one attached hydrogen (secondary N) is 2. The Balaban J connectivity index is 1.87. The third kappa shape index (κ3) is 5.19. The molecule has 0 bridgehead atoms. The number of carbonyl (C=O) groups excluding carboxylic acids is 2. The molecule has 0 aromatic heterocycles. The first-order chi connectivity index (χ1) is 13.2. The van der Waals surface area contributed by atoms with Crippen molar-refractivity contribution in [3.63, 3.8) is 0 Å². The second kappa shape index (κ2) is 8.84. The van der Waals surface area contributed by atoms with E-state index in [1.807, 2.05) is 5.32 Å². The van der Waals surface area contributed by atoms with Crippen molar-refractivity contribution in [3.05, 3.63) is 63.5 Å². The number of benzene rings is 2. The second-order valence-corrected chi connectivity index (χ2v) is 5.56. The molecule has 148 valence electrons. The standard InChI is InChI=1S/C17H14F3N3O5/c1-9-2-5-13(12(6-9)23(26)27)28-8-15(25)21-7-14(24)22-11-4-3-10(18)16(19)17(11)20/h2-6H,7-8H2,1H3,(H,21,25)(H,22,24). The fraction of sp³-hybridized carbons (Fsp3) is 0.176. The van der Waals surface area contributed by atoms with Crippen molar-refractivity contribution < 1.29 is 32.4 Å². The van der Waals surface area contributed by atoms with Gasteiger partial charge in [0, 0.05) is 6.07 Å². The van der Waals surface area contributed by atoms with E-state index in [0.29, 0.717) is 11.6 Å². The van der Waals surface area contributed by atoms with E-state index < -0.39 is 53.0 Å². The van der Waals surface area contributed by atoms with Gasteiger partial charge in [0.1, 0.15) is 0 Å². The van der Waals surface area contributed by atoms with Crippen LogP contribution in [0, 0.1) is 34.5 Å². The van der Waals surface area contributed by atoms with Gasteiger partial charge in [-0.1, -0.05) is 6.07 Å². The van der Waals surface area contributed by atoms with E-state index in [9.17, 15) is 32.9 Å². The zero-order valence-corrected chi connectivity index (χ0v) is 14.4. The van der Waals surface area contributed by atoms with Crippen LogP contribution in [-0.2, 0) is 9.59 Å². The first kappa shape index (κ1) is 20.7. The van der Waals surface area contributed by atoms with Crippen LogP contribution < -0.4 is 15.4 Å². The Kier molecular flexibility index (Phi) is 6.53. The van der Waals surface area contributed by atoms with Crippen LogP contribution in [0.25, 0.3) is 0 Å². The number of ether oxygens (including phenoxy) is 1. The second-order valence-electron chi connectivity index (χ2n) is 5.56. The van der Waals surface area contributed by atoms with E-state index >= 15 is 0 Å². The van der Waals surface area contributed by atoms with Gasteiger partial charge in [0.05, 0.1) is 17.2 Å². The lowest BCUT2D eigenvalue weighted by atomic mass is 10.2. The van der Waals surface area contributed by atoms with Crippen molar-refractivity contribution in [2.75, 3.05) is 18.5 Å². The largest absolute Gasteiger partial charge is 0.477 e. The smallest absolute Gasteiger partial charge is 0.311 e. The van der Waals surface area contributed by atoms with Gasteiger partial charge < -0.3 is 15.4 Å². The number of nitro benzene ring substituents is 1. The number of amides is 2. The van der Waals surface area contributed by atoms with E-state index in [4.69, 9.17) is 4.74 Å². The van der Waals surface area contributed by atoms with Crippen molar-refractivity contribution in [2.24, 2.45) is 0 Å². The molecule has 0 saturated carbocycles. The Labute approximate surface area is 156 Å². The molecule has 8 nitrogen and oxygen atoms in total. The quantitative estimate of drug-likeness (QED) is 0.424. The molecule has 0 fully saturated rings. The predicted octanol–water partition coefficient (Wildman–Crippen LogP) is 2.45. The lowest BCUT2D eigenvalue weighted by molar-refractivity contribution is -0.385. The molecule has 0 spiro atoms. The number of anilines is 1. The van der Waals surface area contributed by atoms with E-state index in [1.54, 1.807) is 13.0 Å². The lowest BCUT2D eigenvalue weighted by Gasteiger charge is -2.09. The summed E-state index contributed by atoms with van der Waals surface area (Å²) in [4.78, 5) is 33.7. The Morgan fingerprint density at radius 1 is 1.11 bits per heavy atom. The number of carbonyl (C=O) groups is 2. The normalized spacial score (nSPS) is 10.3. The summed E-state index contributed by atoms with van der Waals surface area (Å²) in [6.07, 6.45) is 0. The number of nitro groups is 1. The Morgan fingerprint density at radius 2 is 1.82 bits per heavy atom. The van der Waals surface area contributed by atoms with Crippen LogP contribution in [0.5, 0.6) is 5.75 Å². The zero-order chi connectivity index (χ0) is 20.8. The molecule has 28 heavy (non-hydrogen) atoms. The van der Waals surface area contributed by atoms with Crippen LogP contribution in [-0.4, -0.2) is 29.9 Å². The molecule has 11 heteroatoms. The highest BCUT2D eigenvalue weighted by atomic mass is 19.2. The summed E-state index contributed by atoms with van der Waals surface area (Å²) in [6.45, 7) is 0.422. The first-order valence-corrected chi connectivity index (χ1v) is 7.77. The highest BCUT2D eigenvalue weighted by Gasteiger charge is 2.18. The summed E-state index contributed by atoms with van der Waals surface area (Å²) in [5.74, 6) is -6.54. The highest BCUT2D eigenvalue weighted by Crippen LogP contribution is 2.27. The number of halogens is 3. The predicted molar refractivity (Wildman–Crippen MR) is 91.3 cm³/mol. The fourth-order valence-electron chi connectivity index (χ4n) is 2.08. The van der Waals surface area contributed by atoms with Gasteiger partial charge in [-0.25, -0.2) is 13.2 Å². The molecule has 2 rings (SSSR count). The number of hydrogen-bond acceptors (Lipinski definition) is 5. The van der Waals surface area contributed by atoms with Crippen molar-refractivity contribution >= 4 is 23.2 Å². The molecule has 0 aliphatic rings. The minimum atomic E-state index is -1.74. The fourth-order valence-corrected chi connectivity index (χ4v) is 2.08. The van der Waals surface area contributed by atoms with Gasteiger partial charge in [0.15, 0.2) is 29.8 Å². The maximum atomic E-state index is 13.5. The molecule has 2 aromatic carbocycles. The molecule has 0 unspecified atom stereocenters. The molecule has 0 radical (unpaired) electrons. The molecule has 0 aliphatic carbocycles. The van der Waals surface area contributed by atoms with Crippen molar-refractivity contribution in [1.29, 1.82) is 0 Å². The molecule has 2 N–H and O–H groups in total. The van der Waals surface area contributed by atoms with Gasteiger partial charge >= 0.3 is 5.69 Å². The van der Waals surface area contributed by atoms with Gasteiger partial charge in [-0.15, -0.1) is 0 Å². The third-order valence-electron chi connectivity index (χ3n) is 3.43. The molecular formula is C17H14F3N3O5. The Morgan fingerprint density at radius 3 is 2.50 bits per heavy atom. The number of rotatable bonds is 7. The third-order valence-corrected chi connectivity index (χ3v) is 3.43. The Bertz CT molecular complexity index is 936. The van der Waals surface area contributed by atoms with Crippen LogP contribution in [0.2, 0.25) is 0 Å². The SMILES string of the molecule is Cc1ccc(OCC(=O)NCC(=O)Nc2ccc(F)c(F)c2F)c([N+](=O)[O-])c1. The molecular weight excluding hydrogens is 383 g/mol. The molecule has 2 amide bonds. The molecule has 2 aromatic rings. The average Bonchev–Trinajstić information content (AvgIpc) is 2.65. The van der Waals surface area contributed by atoms with Crippen LogP contribution >= 0.6 is 0 Å². The van der Waals surface area contributed by atoms with Crippen molar-refractivity contribution in [1.82, 2.24) is 5.32 Å². The first-order valence-electron chi connectivity index (χ1n) is 7.77. The molecule has 0 saturated heterocycles. The van der Waals surface area contributed by atoms with Gasteiger partial charge in [-0.2, -0.15) is 0 Å². The van der Waals surface area contributed by atoms with Crippen LogP contribution in [0.4, 0.5) is 24.5 Å². The van der Waals surface area contributed by atoms with Crippen LogP contribution in [0.15, 0.2) is 30.3 Å². The van der Waals surface area contributed by atoms with Gasteiger partial charge in [0.25, 0.3) is 5.91 Å². The van der Waals surface area contributed by atoms with Gasteiger partial charge in [0.2, 0.25) is 5.91 Å². The molecule has 0 heterocycles. The lowest BCUT2D eigenvalue weighted by Crippen LogP contribution is -2.36. The van der Waals surface area contributed by atoms with Crippen molar-refractivity contribution in [2.45, 2.75) is 6.92 Å². The van der Waals surface area contributed by atoms with E-state index in [0.717, 1.165) is 6.07 Å². The van der Waals surface area contributed by atoms with E-state index in [2.05, 4.69) is 5.32 Å². The average molecular weight is 397 g/mol. The van der Waals surface area contributed by atoms with Gasteiger partial charge in [-0.3, -0.25) is 19.7 Å². The summed E-state index contributed by atoms with van der Waals surface area (Å²) < 4.78 is 44.5. The summed E-state index contributed by atoms with van der Waals surface area (Å²) in [6, 6.07) is 5.63. The maximum absolute atomic E-state index is 13.5. The minimum absolute atomic E-state index is 0.126. The summed E-state index contributed by atoms with van der Waals surface area (Å²) in [7, 11) is 0. The number of aryl methyl sites for hydroxylation is 1. The van der Waals surface area contributed by atoms with Crippen molar-refractivity contribution in [3.8, 4) is 5.75 Å². The minimum Gasteiger partial charge on any atom is -0.477 e. The van der Waals surface area contributed by atoms with E-state index in [1.165, 1.54) is 12.1 Å².